The van der Waals surface area contributed by atoms with E-state index in [2.05, 4.69) is 17.4 Å². The Hall–Kier alpha value is -2.67. The molecule has 0 aliphatic carbocycles. The van der Waals surface area contributed by atoms with Crippen LogP contribution in [0.25, 0.3) is 0 Å². The summed E-state index contributed by atoms with van der Waals surface area (Å²) >= 11 is 1.64. The number of fused-ring (bicyclic) bond motifs is 3. The molecule has 0 bridgehead atoms. The first-order valence-corrected chi connectivity index (χ1v) is 11.8. The summed E-state index contributed by atoms with van der Waals surface area (Å²) in [6.07, 6.45) is 1.72. The summed E-state index contributed by atoms with van der Waals surface area (Å²) in [5.74, 6) is 0.646. The van der Waals surface area contributed by atoms with E-state index in [0.29, 0.717) is 17.1 Å². The Kier molecular flexibility index (Phi) is 6.12. The van der Waals surface area contributed by atoms with Crippen LogP contribution in [-0.2, 0) is 11.2 Å². The molecule has 7 heteroatoms. The van der Waals surface area contributed by atoms with Gasteiger partial charge in [-0.25, -0.2) is 0 Å². The van der Waals surface area contributed by atoms with Crippen molar-refractivity contribution in [3.8, 4) is 11.5 Å². The first-order valence-electron chi connectivity index (χ1n) is 10.9. The van der Waals surface area contributed by atoms with E-state index in [-0.39, 0.29) is 23.2 Å². The predicted octanol–water partition coefficient (Wildman–Crippen LogP) is 4.19. The minimum absolute atomic E-state index is 0.00253. The number of hydrogen-bond donors (Lipinski definition) is 1. The molecule has 2 aliphatic rings. The molecule has 1 saturated heterocycles. The summed E-state index contributed by atoms with van der Waals surface area (Å²) in [4.78, 5) is 28.7. The van der Waals surface area contributed by atoms with Gasteiger partial charge in [-0.05, 0) is 45.2 Å². The van der Waals surface area contributed by atoms with E-state index < -0.39 is 10.8 Å². The lowest BCUT2D eigenvalue weighted by molar-refractivity contribution is -0.126. The van der Waals surface area contributed by atoms with E-state index >= 15 is 0 Å². The summed E-state index contributed by atoms with van der Waals surface area (Å²) in [6.45, 7) is 6.08. The zero-order valence-electron chi connectivity index (χ0n) is 19.2. The van der Waals surface area contributed by atoms with Crippen molar-refractivity contribution in [1.82, 2.24) is 10.2 Å². The Morgan fingerprint density at radius 1 is 1.16 bits per heavy atom. The van der Waals surface area contributed by atoms with Crippen LogP contribution < -0.4 is 14.8 Å². The third kappa shape index (κ3) is 3.83. The number of thioether (sulfide) groups is 1. The van der Waals surface area contributed by atoms with Crippen molar-refractivity contribution < 1.29 is 19.1 Å². The van der Waals surface area contributed by atoms with Gasteiger partial charge in [0, 0.05) is 16.4 Å². The maximum Gasteiger partial charge on any atom is 0.260 e. The second kappa shape index (κ2) is 8.70. The van der Waals surface area contributed by atoms with Gasteiger partial charge in [-0.2, -0.15) is 0 Å². The Labute approximate surface area is 193 Å². The van der Waals surface area contributed by atoms with Crippen molar-refractivity contribution in [1.29, 1.82) is 0 Å². The van der Waals surface area contributed by atoms with Gasteiger partial charge in [0.25, 0.3) is 5.91 Å². The zero-order valence-corrected chi connectivity index (χ0v) is 20.0. The average Bonchev–Trinajstić information content (AvgIpc) is 3.21. The van der Waals surface area contributed by atoms with Gasteiger partial charge in [0.15, 0.2) is 11.5 Å². The molecule has 2 aromatic carbocycles. The molecule has 2 amide bonds. The van der Waals surface area contributed by atoms with Gasteiger partial charge >= 0.3 is 0 Å². The lowest BCUT2D eigenvalue weighted by atomic mass is 9.99. The highest BCUT2D eigenvalue weighted by Gasteiger charge is 2.58. The summed E-state index contributed by atoms with van der Waals surface area (Å²) < 4.78 is 10.5. The van der Waals surface area contributed by atoms with Crippen LogP contribution in [0.3, 0.4) is 0 Å². The van der Waals surface area contributed by atoms with Gasteiger partial charge in [-0.15, -0.1) is 11.8 Å². The Morgan fingerprint density at radius 2 is 1.88 bits per heavy atom. The van der Waals surface area contributed by atoms with E-state index in [9.17, 15) is 9.59 Å². The largest absolute Gasteiger partial charge is 0.493 e. The van der Waals surface area contributed by atoms with Crippen LogP contribution in [0.15, 0.2) is 42.5 Å². The van der Waals surface area contributed by atoms with Crippen LogP contribution in [0.4, 0.5) is 0 Å². The summed E-state index contributed by atoms with van der Waals surface area (Å²) in [7, 11) is 3.08. The topological polar surface area (TPSA) is 67.9 Å². The van der Waals surface area contributed by atoms with E-state index in [1.807, 2.05) is 51.1 Å². The fourth-order valence-electron chi connectivity index (χ4n) is 4.68. The number of aryl methyl sites for hydroxylation is 1. The molecule has 1 fully saturated rings. The summed E-state index contributed by atoms with van der Waals surface area (Å²) in [6, 6.07) is 13.4. The molecule has 0 spiro atoms. The molecule has 0 unspecified atom stereocenters. The van der Waals surface area contributed by atoms with E-state index in [1.54, 1.807) is 23.8 Å². The number of nitrogens with one attached hydrogen (secondary N) is 1. The standard InChI is InChI=1S/C25H30N2O4S/c1-15(11-12-16-9-7-6-8-10-16)26-22(28)21-25(2,3)32-24-17-13-14-18(30-4)20(31-5)19(17)23(29)27(21)24/h6-10,13-15,21,24H,11-12H2,1-5H3,(H,26,28)/t15-,21+,24-/m0/s1. The molecule has 4 rings (SSSR count). The Bertz CT molecular complexity index is 1020. The fourth-order valence-corrected chi connectivity index (χ4v) is 6.26. The molecule has 32 heavy (non-hydrogen) atoms. The molecular weight excluding hydrogens is 424 g/mol. The van der Waals surface area contributed by atoms with Crippen molar-refractivity contribution in [3.05, 3.63) is 59.2 Å². The molecule has 2 heterocycles. The predicted molar refractivity (Wildman–Crippen MR) is 126 cm³/mol. The Morgan fingerprint density at radius 3 is 2.53 bits per heavy atom. The lowest BCUT2D eigenvalue weighted by Gasteiger charge is -2.30. The van der Waals surface area contributed by atoms with Gasteiger partial charge in [-0.1, -0.05) is 36.4 Å². The van der Waals surface area contributed by atoms with Gasteiger partial charge in [0.1, 0.15) is 11.4 Å². The quantitative estimate of drug-likeness (QED) is 0.680. The number of carbonyl (C=O) groups excluding carboxylic acids is 2. The van der Waals surface area contributed by atoms with Gasteiger partial charge < -0.3 is 19.7 Å². The van der Waals surface area contributed by atoms with Crippen LogP contribution in [0.1, 0.15) is 54.1 Å². The fraction of sp³-hybridized carbons (Fsp3) is 0.440. The molecule has 6 nitrogen and oxygen atoms in total. The Balaban J connectivity index is 1.54. The minimum Gasteiger partial charge on any atom is -0.493 e. The van der Waals surface area contributed by atoms with Gasteiger partial charge in [0.05, 0.1) is 19.8 Å². The van der Waals surface area contributed by atoms with Crippen LogP contribution in [0.5, 0.6) is 11.5 Å². The number of rotatable bonds is 7. The van der Waals surface area contributed by atoms with E-state index in [1.165, 1.54) is 12.7 Å². The average molecular weight is 455 g/mol. The summed E-state index contributed by atoms with van der Waals surface area (Å²) in [5, 5.41) is 2.94. The number of hydrogen-bond acceptors (Lipinski definition) is 5. The number of ether oxygens (including phenoxy) is 2. The lowest BCUT2D eigenvalue weighted by Crippen LogP contribution is -2.54. The smallest absolute Gasteiger partial charge is 0.260 e. The first kappa shape index (κ1) is 22.5. The normalized spacial score (nSPS) is 21.7. The number of carbonyl (C=O) groups is 2. The number of amides is 2. The SMILES string of the molecule is COc1ccc2c(c1OC)C(=O)N1[C@H]2SC(C)(C)[C@H]1C(=O)N[C@@H](C)CCc1ccccc1. The van der Waals surface area contributed by atoms with Crippen molar-refractivity contribution in [3.63, 3.8) is 0 Å². The van der Waals surface area contributed by atoms with Crippen LogP contribution >= 0.6 is 11.8 Å². The molecule has 3 atom stereocenters. The van der Waals surface area contributed by atoms with Crippen molar-refractivity contribution >= 4 is 23.6 Å². The maximum absolute atomic E-state index is 13.5. The highest BCUT2D eigenvalue weighted by molar-refractivity contribution is 8.01. The highest BCUT2D eigenvalue weighted by atomic mass is 32.2. The first-order chi connectivity index (χ1) is 15.3. The van der Waals surface area contributed by atoms with Crippen LogP contribution in [0, 0.1) is 0 Å². The molecule has 2 aromatic rings. The van der Waals surface area contributed by atoms with Gasteiger partial charge in [-0.3, -0.25) is 9.59 Å². The minimum atomic E-state index is -0.577. The molecule has 2 aliphatic heterocycles. The number of nitrogens with zero attached hydrogens (tertiary/aromatic N) is 1. The zero-order chi connectivity index (χ0) is 23.0. The number of benzene rings is 2. The van der Waals surface area contributed by atoms with Crippen molar-refractivity contribution in [2.24, 2.45) is 0 Å². The maximum atomic E-state index is 13.5. The third-order valence-corrected chi connectivity index (χ3v) is 7.78. The molecule has 0 saturated carbocycles. The second-order valence-corrected chi connectivity index (χ2v) is 10.6. The molecule has 0 aromatic heterocycles. The monoisotopic (exact) mass is 454 g/mol. The molecule has 1 N–H and O–H groups in total. The second-order valence-electron chi connectivity index (χ2n) is 8.89. The van der Waals surface area contributed by atoms with Gasteiger partial charge in [0.2, 0.25) is 5.91 Å². The van der Waals surface area contributed by atoms with Crippen LogP contribution in [-0.4, -0.2) is 47.8 Å². The third-order valence-electron chi connectivity index (χ3n) is 6.24. The number of methoxy groups -OCH3 is 2. The van der Waals surface area contributed by atoms with Crippen molar-refractivity contribution in [2.75, 3.05) is 14.2 Å². The van der Waals surface area contributed by atoms with E-state index in [4.69, 9.17) is 9.47 Å². The van der Waals surface area contributed by atoms with Crippen molar-refractivity contribution in [2.45, 2.75) is 55.8 Å². The summed E-state index contributed by atoms with van der Waals surface area (Å²) in [5.41, 5.74) is 2.62. The highest BCUT2D eigenvalue weighted by Crippen LogP contribution is 2.58. The molecular formula is C25H30N2O4S. The van der Waals surface area contributed by atoms with Crippen LogP contribution in [0.2, 0.25) is 0 Å². The van der Waals surface area contributed by atoms with E-state index in [0.717, 1.165) is 18.4 Å². The molecule has 170 valence electrons. The molecule has 0 radical (unpaired) electrons.